The number of nitrogens with zero attached hydrogens (tertiary/aromatic N) is 1. The van der Waals surface area contributed by atoms with Crippen molar-refractivity contribution < 1.29 is 9.90 Å². The van der Waals surface area contributed by atoms with Crippen molar-refractivity contribution in [2.24, 2.45) is 0 Å². The molecule has 1 aromatic heterocycles. The monoisotopic (exact) mass is 264 g/mol. The quantitative estimate of drug-likeness (QED) is 0.596. The number of hydrogen-bond acceptors (Lipinski definition) is 5. The van der Waals surface area contributed by atoms with Gasteiger partial charge in [0.2, 0.25) is 0 Å². The number of carboxylic acids is 1. The van der Waals surface area contributed by atoms with Crippen LogP contribution in [0.15, 0.2) is 18.2 Å². The molecule has 0 saturated heterocycles. The minimum absolute atomic E-state index is 0.0455. The van der Waals surface area contributed by atoms with Crippen LogP contribution in [0.3, 0.4) is 0 Å². The van der Waals surface area contributed by atoms with Gasteiger partial charge in [-0.05, 0) is 12.1 Å². The zero-order valence-electron chi connectivity index (χ0n) is 10.9. The van der Waals surface area contributed by atoms with E-state index < -0.39 is 5.97 Å². The Morgan fingerprint density at radius 3 is 2.89 bits per heavy atom. The van der Waals surface area contributed by atoms with Crippen molar-refractivity contribution in [1.82, 2.24) is 20.9 Å². The minimum atomic E-state index is -0.817. The second-order valence-electron chi connectivity index (χ2n) is 4.59. The zero-order valence-corrected chi connectivity index (χ0v) is 10.9. The highest BCUT2D eigenvalue weighted by atomic mass is 16.4. The van der Waals surface area contributed by atoms with E-state index in [9.17, 15) is 4.79 Å². The third-order valence-corrected chi connectivity index (χ3v) is 3.04. The van der Waals surface area contributed by atoms with Crippen LogP contribution in [0, 0.1) is 0 Å². The first-order valence-corrected chi connectivity index (χ1v) is 6.58. The third-order valence-electron chi connectivity index (χ3n) is 3.04. The molecule has 0 spiro atoms. The maximum atomic E-state index is 10.9. The zero-order chi connectivity index (χ0) is 13.5. The molecule has 1 aliphatic heterocycles. The molecule has 0 saturated carbocycles. The van der Waals surface area contributed by atoms with Gasteiger partial charge in [0.05, 0.1) is 23.9 Å². The SMILES string of the molecule is O=C(O)CC1NCCNCCNCc2cccc1n2. The van der Waals surface area contributed by atoms with E-state index >= 15 is 0 Å². The summed E-state index contributed by atoms with van der Waals surface area (Å²) in [5, 5.41) is 18.8. The van der Waals surface area contributed by atoms with Gasteiger partial charge < -0.3 is 21.1 Å². The summed E-state index contributed by atoms with van der Waals surface area (Å²) in [6, 6.07) is 5.52. The average Bonchev–Trinajstić information content (AvgIpc) is 2.39. The fraction of sp³-hybridized carbons (Fsp3) is 0.538. The molecule has 0 amide bonds. The Kier molecular flexibility index (Phi) is 5.26. The van der Waals surface area contributed by atoms with Crippen LogP contribution in [0.2, 0.25) is 0 Å². The maximum absolute atomic E-state index is 10.9. The van der Waals surface area contributed by atoms with E-state index in [-0.39, 0.29) is 12.5 Å². The van der Waals surface area contributed by atoms with Crippen LogP contribution < -0.4 is 16.0 Å². The van der Waals surface area contributed by atoms with Crippen LogP contribution in [-0.4, -0.2) is 42.2 Å². The van der Waals surface area contributed by atoms with Crippen molar-refractivity contribution in [2.45, 2.75) is 19.0 Å². The number of aromatic nitrogens is 1. The van der Waals surface area contributed by atoms with Gasteiger partial charge in [0.25, 0.3) is 0 Å². The van der Waals surface area contributed by atoms with Crippen molar-refractivity contribution in [2.75, 3.05) is 26.2 Å². The first-order chi connectivity index (χ1) is 9.25. The molecule has 1 unspecified atom stereocenters. The Balaban J connectivity index is 2.16. The summed E-state index contributed by atoms with van der Waals surface area (Å²) in [6.45, 7) is 4.03. The van der Waals surface area contributed by atoms with E-state index in [2.05, 4.69) is 20.9 Å². The van der Waals surface area contributed by atoms with Gasteiger partial charge in [-0.2, -0.15) is 0 Å². The van der Waals surface area contributed by atoms with E-state index in [4.69, 9.17) is 5.11 Å². The minimum Gasteiger partial charge on any atom is -0.481 e. The first kappa shape index (κ1) is 13.9. The lowest BCUT2D eigenvalue weighted by molar-refractivity contribution is -0.137. The number of carboxylic acid groups (broad SMARTS) is 1. The number of carbonyl (C=O) groups is 1. The van der Waals surface area contributed by atoms with Gasteiger partial charge in [0, 0.05) is 32.7 Å². The highest BCUT2D eigenvalue weighted by Crippen LogP contribution is 2.15. The largest absolute Gasteiger partial charge is 0.481 e. The molecule has 4 N–H and O–H groups in total. The molecule has 2 heterocycles. The van der Waals surface area contributed by atoms with Gasteiger partial charge in [0.1, 0.15) is 0 Å². The summed E-state index contributed by atoms with van der Waals surface area (Å²) in [5.74, 6) is -0.817. The lowest BCUT2D eigenvalue weighted by Gasteiger charge is -2.18. The second kappa shape index (κ2) is 7.18. The predicted octanol–water partition coefficient (Wildman–Crippen LogP) is -0.120. The molecule has 0 aliphatic carbocycles. The lowest BCUT2D eigenvalue weighted by Crippen LogP contribution is -2.35. The smallest absolute Gasteiger partial charge is 0.305 e. The standard InChI is InChI=1S/C13H20N4O2/c18-13(19)8-12-11-3-1-2-10(17-11)9-15-5-4-14-6-7-16-12/h1-3,12,14-16H,4-9H2,(H,18,19). The van der Waals surface area contributed by atoms with E-state index in [0.717, 1.165) is 37.6 Å². The van der Waals surface area contributed by atoms with Crippen LogP contribution in [-0.2, 0) is 11.3 Å². The summed E-state index contributed by atoms with van der Waals surface area (Å²) in [4.78, 5) is 15.5. The summed E-state index contributed by atoms with van der Waals surface area (Å²) in [6.07, 6.45) is 0.0455. The van der Waals surface area contributed by atoms with Crippen LogP contribution >= 0.6 is 0 Å². The van der Waals surface area contributed by atoms with Crippen LogP contribution in [0.1, 0.15) is 23.9 Å². The third kappa shape index (κ3) is 4.59. The molecule has 6 heteroatoms. The Hall–Kier alpha value is -1.50. The van der Waals surface area contributed by atoms with Crippen molar-refractivity contribution in [3.63, 3.8) is 0 Å². The first-order valence-electron chi connectivity index (χ1n) is 6.58. The van der Waals surface area contributed by atoms with Gasteiger partial charge >= 0.3 is 5.97 Å². The fourth-order valence-corrected chi connectivity index (χ4v) is 2.10. The van der Waals surface area contributed by atoms with Crippen molar-refractivity contribution in [1.29, 1.82) is 0 Å². The molecule has 0 fully saturated rings. The fourth-order valence-electron chi connectivity index (χ4n) is 2.10. The second-order valence-corrected chi connectivity index (χ2v) is 4.59. The molecule has 1 aliphatic rings. The molecular weight excluding hydrogens is 244 g/mol. The highest BCUT2D eigenvalue weighted by Gasteiger charge is 2.16. The number of hydrogen-bond donors (Lipinski definition) is 4. The Morgan fingerprint density at radius 2 is 2.05 bits per heavy atom. The molecule has 104 valence electrons. The van der Waals surface area contributed by atoms with E-state index in [0.29, 0.717) is 6.54 Å². The molecule has 2 rings (SSSR count). The van der Waals surface area contributed by atoms with Gasteiger partial charge in [-0.15, -0.1) is 0 Å². The number of rotatable bonds is 2. The molecule has 1 aromatic rings. The number of nitrogens with one attached hydrogen (secondary N) is 3. The van der Waals surface area contributed by atoms with Gasteiger partial charge in [0.15, 0.2) is 0 Å². The molecule has 1 atom stereocenters. The summed E-state index contributed by atoms with van der Waals surface area (Å²) < 4.78 is 0. The van der Waals surface area contributed by atoms with Crippen molar-refractivity contribution >= 4 is 5.97 Å². The maximum Gasteiger partial charge on any atom is 0.305 e. The van der Waals surface area contributed by atoms with E-state index in [1.807, 2.05) is 18.2 Å². The Labute approximate surface area is 112 Å². The van der Waals surface area contributed by atoms with Crippen LogP contribution in [0.25, 0.3) is 0 Å². The topological polar surface area (TPSA) is 86.3 Å². The summed E-state index contributed by atoms with van der Waals surface area (Å²) in [5.41, 5.74) is 1.73. The predicted molar refractivity (Wildman–Crippen MR) is 71.8 cm³/mol. The van der Waals surface area contributed by atoms with Gasteiger partial charge in [-0.1, -0.05) is 6.07 Å². The van der Waals surface area contributed by atoms with Crippen LogP contribution in [0.4, 0.5) is 0 Å². The van der Waals surface area contributed by atoms with Gasteiger partial charge in [-0.25, -0.2) is 0 Å². The van der Waals surface area contributed by atoms with Crippen molar-refractivity contribution in [3.8, 4) is 0 Å². The highest BCUT2D eigenvalue weighted by molar-refractivity contribution is 5.67. The number of pyridine rings is 1. The Bertz CT molecular complexity index is 425. The van der Waals surface area contributed by atoms with E-state index in [1.165, 1.54) is 0 Å². The molecule has 6 nitrogen and oxygen atoms in total. The molecule has 2 bridgehead atoms. The average molecular weight is 264 g/mol. The Morgan fingerprint density at radius 1 is 1.26 bits per heavy atom. The number of aliphatic carboxylic acids is 1. The molecule has 0 aromatic carbocycles. The van der Waals surface area contributed by atoms with Crippen molar-refractivity contribution in [3.05, 3.63) is 29.6 Å². The normalized spacial score (nSPS) is 21.2. The molecule has 19 heavy (non-hydrogen) atoms. The summed E-state index contributed by atoms with van der Waals surface area (Å²) in [7, 11) is 0. The number of fused-ring (bicyclic) bond motifs is 2. The van der Waals surface area contributed by atoms with E-state index in [1.54, 1.807) is 0 Å². The summed E-state index contributed by atoms with van der Waals surface area (Å²) >= 11 is 0. The van der Waals surface area contributed by atoms with Gasteiger partial charge in [-0.3, -0.25) is 9.78 Å². The molecular formula is C13H20N4O2. The van der Waals surface area contributed by atoms with Crippen LogP contribution in [0.5, 0.6) is 0 Å². The lowest BCUT2D eigenvalue weighted by atomic mass is 10.1. The molecule has 0 radical (unpaired) electrons.